The van der Waals surface area contributed by atoms with Gasteiger partial charge in [-0.3, -0.25) is 0 Å². The standard InChI is InChI=1S/C37H37ClN2/c1-36(2,33-28-13-7-5-10-24(28)17-20-30(33)39)23-9-12-26-15-16-27(35(26)38)19-22-32-37(3,4)34-29-14-8-6-11-25(29)18-21-31(34)40-32/h5-14,17-22,40H,15-16,23,39H2,1-4H3/b12-9+,27-19+,32-22+. The van der Waals surface area contributed by atoms with Crippen molar-refractivity contribution >= 4 is 44.5 Å². The third-order valence-corrected chi connectivity index (χ3v) is 9.25. The second kappa shape index (κ2) is 10.0. The monoisotopic (exact) mass is 544 g/mol. The van der Waals surface area contributed by atoms with Gasteiger partial charge in [0.2, 0.25) is 0 Å². The molecular formula is C37H37ClN2. The topological polar surface area (TPSA) is 38.0 Å². The van der Waals surface area contributed by atoms with Gasteiger partial charge in [0.25, 0.3) is 0 Å². The summed E-state index contributed by atoms with van der Waals surface area (Å²) < 4.78 is 0. The number of hydrogen-bond donors (Lipinski definition) is 2. The lowest BCUT2D eigenvalue weighted by Gasteiger charge is -2.27. The van der Waals surface area contributed by atoms with Crippen molar-refractivity contribution in [1.29, 1.82) is 0 Å². The zero-order chi connectivity index (χ0) is 28.1. The molecule has 0 unspecified atom stereocenters. The summed E-state index contributed by atoms with van der Waals surface area (Å²) in [5.41, 5.74) is 14.5. The van der Waals surface area contributed by atoms with Crippen LogP contribution in [0.1, 0.15) is 58.1 Å². The highest BCUT2D eigenvalue weighted by atomic mass is 35.5. The van der Waals surface area contributed by atoms with E-state index in [1.54, 1.807) is 0 Å². The van der Waals surface area contributed by atoms with Crippen LogP contribution in [0.25, 0.3) is 21.5 Å². The highest BCUT2D eigenvalue weighted by Gasteiger charge is 2.36. The summed E-state index contributed by atoms with van der Waals surface area (Å²) in [7, 11) is 0. The van der Waals surface area contributed by atoms with Crippen LogP contribution in [0.15, 0.2) is 119 Å². The quantitative estimate of drug-likeness (QED) is 0.245. The van der Waals surface area contributed by atoms with Gasteiger partial charge in [-0.2, -0.15) is 0 Å². The maximum atomic E-state index is 6.93. The van der Waals surface area contributed by atoms with Gasteiger partial charge in [-0.15, -0.1) is 0 Å². The summed E-state index contributed by atoms with van der Waals surface area (Å²) >= 11 is 6.93. The first-order valence-corrected chi connectivity index (χ1v) is 14.6. The third-order valence-electron chi connectivity index (χ3n) is 8.76. The second-order valence-electron chi connectivity index (χ2n) is 12.3. The Kier molecular flexibility index (Phi) is 6.63. The third kappa shape index (κ3) is 4.55. The molecule has 0 fully saturated rings. The van der Waals surface area contributed by atoms with Crippen molar-refractivity contribution in [3.05, 3.63) is 130 Å². The van der Waals surface area contributed by atoms with Crippen molar-refractivity contribution in [2.45, 2.75) is 57.8 Å². The number of allylic oxidation sites excluding steroid dienone is 8. The molecular weight excluding hydrogens is 508 g/mol. The lowest BCUT2D eigenvalue weighted by Crippen LogP contribution is -2.18. The molecule has 3 heteroatoms. The van der Waals surface area contributed by atoms with Gasteiger partial charge in [-0.05, 0) is 86.7 Å². The zero-order valence-electron chi connectivity index (χ0n) is 23.8. The van der Waals surface area contributed by atoms with Crippen LogP contribution >= 0.6 is 11.6 Å². The van der Waals surface area contributed by atoms with Crippen LogP contribution in [0, 0.1) is 0 Å². The Morgan fingerprint density at radius 1 is 0.875 bits per heavy atom. The Balaban J connectivity index is 1.22. The number of nitrogen functional groups attached to an aromatic ring is 1. The molecule has 6 rings (SSSR count). The van der Waals surface area contributed by atoms with Crippen LogP contribution in [-0.4, -0.2) is 0 Å². The fourth-order valence-electron chi connectivity index (χ4n) is 6.57. The van der Waals surface area contributed by atoms with Crippen molar-refractivity contribution in [2.75, 3.05) is 11.1 Å². The average molecular weight is 545 g/mol. The van der Waals surface area contributed by atoms with Gasteiger partial charge in [-0.1, -0.05) is 118 Å². The Morgan fingerprint density at radius 3 is 2.33 bits per heavy atom. The molecule has 0 saturated heterocycles. The van der Waals surface area contributed by atoms with Crippen LogP contribution < -0.4 is 11.1 Å². The number of benzene rings is 4. The molecule has 0 saturated carbocycles. The van der Waals surface area contributed by atoms with Crippen LogP contribution in [0.4, 0.5) is 11.4 Å². The normalized spacial score (nSPS) is 18.9. The van der Waals surface area contributed by atoms with Gasteiger partial charge in [-0.25, -0.2) is 0 Å². The van der Waals surface area contributed by atoms with E-state index in [4.69, 9.17) is 17.3 Å². The van der Waals surface area contributed by atoms with E-state index in [9.17, 15) is 0 Å². The molecule has 0 amide bonds. The zero-order valence-corrected chi connectivity index (χ0v) is 24.6. The van der Waals surface area contributed by atoms with Gasteiger partial charge < -0.3 is 11.1 Å². The minimum atomic E-state index is -0.111. The van der Waals surface area contributed by atoms with E-state index in [1.165, 1.54) is 55.2 Å². The Bertz CT molecular complexity index is 1760. The maximum absolute atomic E-state index is 6.93. The molecule has 1 heterocycles. The number of nitrogens with one attached hydrogen (secondary N) is 1. The number of fused-ring (bicyclic) bond motifs is 4. The van der Waals surface area contributed by atoms with E-state index in [1.807, 2.05) is 6.07 Å². The Hall–Kier alpha value is -3.75. The summed E-state index contributed by atoms with van der Waals surface area (Å²) in [6.07, 6.45) is 11.7. The van der Waals surface area contributed by atoms with E-state index in [0.717, 1.165) is 30.0 Å². The Morgan fingerprint density at radius 2 is 1.55 bits per heavy atom. The lowest BCUT2D eigenvalue weighted by atomic mass is 9.78. The number of anilines is 2. The highest BCUT2D eigenvalue weighted by Crippen LogP contribution is 2.47. The Labute approximate surface area is 242 Å². The molecule has 0 aromatic heterocycles. The molecule has 3 N–H and O–H groups in total. The molecule has 2 nitrogen and oxygen atoms in total. The van der Waals surface area contributed by atoms with Gasteiger partial charge in [0.1, 0.15) is 0 Å². The number of hydrogen-bond acceptors (Lipinski definition) is 2. The van der Waals surface area contributed by atoms with Crippen molar-refractivity contribution in [3.8, 4) is 0 Å². The summed E-state index contributed by atoms with van der Waals surface area (Å²) in [4.78, 5) is 0. The first-order valence-electron chi connectivity index (χ1n) is 14.2. The van der Waals surface area contributed by atoms with Gasteiger partial charge in [0.15, 0.2) is 0 Å². The van der Waals surface area contributed by atoms with Crippen LogP contribution in [0.3, 0.4) is 0 Å². The molecule has 2 aliphatic rings. The molecule has 0 bridgehead atoms. The minimum Gasteiger partial charge on any atom is -0.398 e. The van der Waals surface area contributed by atoms with Gasteiger partial charge in [0, 0.05) is 27.5 Å². The van der Waals surface area contributed by atoms with Crippen molar-refractivity contribution < 1.29 is 0 Å². The van der Waals surface area contributed by atoms with E-state index in [0.29, 0.717) is 0 Å². The molecule has 0 atom stereocenters. The first kappa shape index (κ1) is 26.5. The van der Waals surface area contributed by atoms with E-state index < -0.39 is 0 Å². The summed E-state index contributed by atoms with van der Waals surface area (Å²) in [5.74, 6) is 0. The van der Waals surface area contributed by atoms with Crippen molar-refractivity contribution in [1.82, 2.24) is 0 Å². The molecule has 4 aromatic rings. The smallest absolute Gasteiger partial charge is 0.0470 e. The van der Waals surface area contributed by atoms with Gasteiger partial charge >= 0.3 is 0 Å². The first-order chi connectivity index (χ1) is 19.2. The van der Waals surface area contributed by atoms with E-state index in [2.05, 4.69) is 124 Å². The molecule has 1 aliphatic heterocycles. The van der Waals surface area contributed by atoms with Crippen molar-refractivity contribution in [3.63, 3.8) is 0 Å². The number of nitrogens with two attached hydrogens (primary N) is 1. The van der Waals surface area contributed by atoms with Crippen LogP contribution in [-0.2, 0) is 10.8 Å². The van der Waals surface area contributed by atoms with E-state index >= 15 is 0 Å². The molecule has 0 spiro atoms. The fourth-order valence-corrected chi connectivity index (χ4v) is 6.88. The van der Waals surface area contributed by atoms with Crippen molar-refractivity contribution in [2.24, 2.45) is 0 Å². The van der Waals surface area contributed by atoms with Crippen LogP contribution in [0.2, 0.25) is 0 Å². The maximum Gasteiger partial charge on any atom is 0.0470 e. The molecule has 202 valence electrons. The average Bonchev–Trinajstić information content (AvgIpc) is 3.42. The molecule has 40 heavy (non-hydrogen) atoms. The molecule has 1 aliphatic carbocycles. The number of halogens is 1. The predicted molar refractivity (Wildman–Crippen MR) is 174 cm³/mol. The number of rotatable bonds is 5. The minimum absolute atomic E-state index is 0.102. The van der Waals surface area contributed by atoms with Gasteiger partial charge in [0.05, 0.1) is 0 Å². The lowest BCUT2D eigenvalue weighted by molar-refractivity contribution is 0.540. The largest absolute Gasteiger partial charge is 0.398 e. The highest BCUT2D eigenvalue weighted by molar-refractivity contribution is 6.33. The summed E-state index contributed by atoms with van der Waals surface area (Å²) in [5, 5.41) is 9.62. The fraction of sp³-hybridized carbons (Fsp3) is 0.243. The second-order valence-corrected chi connectivity index (χ2v) is 12.7. The van der Waals surface area contributed by atoms with E-state index in [-0.39, 0.29) is 10.8 Å². The SMILES string of the molecule is CC(C)(C/C=C/C1=C(Cl)C(=C/C=C2/Nc3ccc4ccccc4c3C2(C)C)/CC1)c1c(N)ccc2ccccc12. The predicted octanol–water partition coefficient (Wildman–Crippen LogP) is 10.3. The van der Waals surface area contributed by atoms with Crippen LogP contribution in [0.5, 0.6) is 0 Å². The summed E-state index contributed by atoms with van der Waals surface area (Å²) in [6.45, 7) is 9.14. The summed E-state index contributed by atoms with van der Waals surface area (Å²) in [6, 6.07) is 25.7. The molecule has 0 radical (unpaired) electrons. The molecule has 4 aromatic carbocycles.